The Kier molecular flexibility index (Phi) is 6.67. The fourth-order valence-corrected chi connectivity index (χ4v) is 5.13. The number of amides is 2. The van der Waals surface area contributed by atoms with Gasteiger partial charge in [0.05, 0.1) is 23.6 Å². The molecule has 5 rings (SSSR count). The molecule has 1 saturated carbocycles. The highest BCUT2D eigenvalue weighted by atomic mass is 19.3. The van der Waals surface area contributed by atoms with Gasteiger partial charge in [0, 0.05) is 31.7 Å². The number of rotatable bonds is 7. The van der Waals surface area contributed by atoms with E-state index in [1.807, 2.05) is 19.1 Å². The molecule has 2 aliphatic rings. The van der Waals surface area contributed by atoms with E-state index in [4.69, 9.17) is 4.63 Å². The number of carbonyl (C=O) groups excluding carboxylic acids is 2. The van der Waals surface area contributed by atoms with Gasteiger partial charge in [-0.2, -0.15) is 5.10 Å². The van der Waals surface area contributed by atoms with Gasteiger partial charge in [0.1, 0.15) is 5.69 Å². The molecule has 12 heteroatoms. The lowest BCUT2D eigenvalue weighted by molar-refractivity contribution is -0.126. The fraction of sp³-hybridized carbons (Fsp3) is 0.583. The first-order valence-corrected chi connectivity index (χ1v) is 12.5. The maximum absolute atomic E-state index is 13.9. The van der Waals surface area contributed by atoms with E-state index in [-0.39, 0.29) is 49.1 Å². The summed E-state index contributed by atoms with van der Waals surface area (Å²) in [5, 5.41) is 18.0. The molecule has 1 unspecified atom stereocenters. The van der Waals surface area contributed by atoms with Gasteiger partial charge in [0.15, 0.2) is 11.3 Å². The molecule has 2 atom stereocenters. The van der Waals surface area contributed by atoms with Crippen molar-refractivity contribution in [2.75, 3.05) is 6.54 Å². The van der Waals surface area contributed by atoms with Gasteiger partial charge >= 0.3 is 0 Å². The Labute approximate surface area is 206 Å². The second-order valence-corrected chi connectivity index (χ2v) is 9.69. The van der Waals surface area contributed by atoms with Crippen LogP contribution in [0.5, 0.6) is 0 Å². The third kappa shape index (κ3) is 5.07. The first-order valence-electron chi connectivity index (χ1n) is 12.5. The molecule has 3 aromatic rings. The Morgan fingerprint density at radius 1 is 1.28 bits per heavy atom. The summed E-state index contributed by atoms with van der Waals surface area (Å²) in [4.78, 5) is 29.9. The lowest BCUT2D eigenvalue weighted by atomic mass is 9.81. The summed E-state index contributed by atoms with van der Waals surface area (Å²) in [5.74, 6) is -3.48. The molecule has 192 valence electrons. The Morgan fingerprint density at radius 2 is 2.08 bits per heavy atom. The van der Waals surface area contributed by atoms with Gasteiger partial charge < -0.3 is 10.6 Å². The Bertz CT molecular complexity index is 1250. The minimum absolute atomic E-state index is 0.0418. The van der Waals surface area contributed by atoms with E-state index in [0.29, 0.717) is 36.4 Å². The number of imidazole rings is 1. The van der Waals surface area contributed by atoms with Gasteiger partial charge in [-0.1, -0.05) is 12.1 Å². The minimum atomic E-state index is -2.70. The summed E-state index contributed by atoms with van der Waals surface area (Å²) < 4.78 is 34.1. The molecule has 0 radical (unpaired) electrons. The zero-order valence-corrected chi connectivity index (χ0v) is 20.0. The highest BCUT2D eigenvalue weighted by Gasteiger charge is 2.39. The quantitative estimate of drug-likeness (QED) is 0.509. The van der Waals surface area contributed by atoms with E-state index in [9.17, 15) is 18.4 Å². The van der Waals surface area contributed by atoms with Gasteiger partial charge in [0.25, 0.3) is 5.91 Å². The van der Waals surface area contributed by atoms with Crippen LogP contribution in [-0.2, 0) is 17.6 Å². The van der Waals surface area contributed by atoms with E-state index in [1.165, 1.54) is 0 Å². The predicted octanol–water partition coefficient (Wildman–Crippen LogP) is 3.04. The molecular formula is C24H29F2N7O3. The normalized spacial score (nSPS) is 21.3. The van der Waals surface area contributed by atoms with E-state index < -0.39 is 17.9 Å². The molecule has 1 aliphatic carbocycles. The molecule has 1 aliphatic heterocycles. The van der Waals surface area contributed by atoms with Crippen molar-refractivity contribution in [3.8, 4) is 0 Å². The predicted molar refractivity (Wildman–Crippen MR) is 123 cm³/mol. The van der Waals surface area contributed by atoms with Crippen LogP contribution in [0.1, 0.15) is 79.1 Å². The number of hydrogen-bond acceptors (Lipinski definition) is 7. The van der Waals surface area contributed by atoms with E-state index in [2.05, 4.69) is 31.0 Å². The third-order valence-electron chi connectivity index (χ3n) is 7.19. The number of nitrogens with zero attached hydrogens (tertiary/aromatic N) is 5. The average molecular weight is 502 g/mol. The highest BCUT2D eigenvalue weighted by molar-refractivity contribution is 5.93. The van der Waals surface area contributed by atoms with Crippen LogP contribution in [0.4, 0.5) is 8.78 Å². The number of alkyl halides is 2. The van der Waals surface area contributed by atoms with Crippen molar-refractivity contribution in [1.82, 2.24) is 35.5 Å². The third-order valence-corrected chi connectivity index (χ3v) is 7.19. The second-order valence-electron chi connectivity index (χ2n) is 9.69. The number of nitrogens with one attached hydrogen (secondary N) is 2. The average Bonchev–Trinajstić information content (AvgIpc) is 3.51. The molecule has 3 aromatic heterocycles. The van der Waals surface area contributed by atoms with Crippen LogP contribution >= 0.6 is 0 Å². The van der Waals surface area contributed by atoms with Crippen LogP contribution in [0.2, 0.25) is 0 Å². The lowest BCUT2D eigenvalue weighted by Crippen LogP contribution is -2.37. The molecule has 2 N–H and O–H groups in total. The molecule has 2 amide bonds. The number of aromatic nitrogens is 5. The summed E-state index contributed by atoms with van der Waals surface area (Å²) in [6.45, 7) is 2.54. The molecule has 36 heavy (non-hydrogen) atoms. The van der Waals surface area contributed by atoms with Crippen molar-refractivity contribution in [3.63, 3.8) is 0 Å². The van der Waals surface area contributed by atoms with Crippen LogP contribution in [0.15, 0.2) is 23.0 Å². The highest BCUT2D eigenvalue weighted by Crippen LogP contribution is 2.41. The minimum Gasteiger partial charge on any atom is -0.356 e. The molecule has 0 aromatic carbocycles. The van der Waals surface area contributed by atoms with Crippen molar-refractivity contribution < 1.29 is 23.0 Å². The fourth-order valence-electron chi connectivity index (χ4n) is 5.13. The van der Waals surface area contributed by atoms with Gasteiger partial charge in [-0.3, -0.25) is 9.59 Å². The molecule has 0 spiro atoms. The number of aryl methyl sites for hydroxylation is 1. The first-order chi connectivity index (χ1) is 17.3. The lowest BCUT2D eigenvalue weighted by Gasteiger charge is -2.33. The van der Waals surface area contributed by atoms with Crippen LogP contribution < -0.4 is 10.6 Å². The number of carbonyl (C=O) groups is 2. The van der Waals surface area contributed by atoms with Crippen LogP contribution in [-0.4, -0.2) is 49.2 Å². The smallest absolute Gasteiger partial charge is 0.276 e. The monoisotopic (exact) mass is 501 g/mol. The zero-order valence-electron chi connectivity index (χ0n) is 20.0. The van der Waals surface area contributed by atoms with Gasteiger partial charge in [0.2, 0.25) is 11.8 Å². The first kappa shape index (κ1) is 24.3. The van der Waals surface area contributed by atoms with E-state index in [0.717, 1.165) is 18.5 Å². The van der Waals surface area contributed by atoms with Crippen LogP contribution in [0.3, 0.4) is 0 Å². The summed E-state index contributed by atoms with van der Waals surface area (Å²) in [7, 11) is 0. The zero-order chi connectivity index (χ0) is 25.3. The summed E-state index contributed by atoms with van der Waals surface area (Å²) >= 11 is 0. The molecular weight excluding hydrogens is 472 g/mol. The standard InChI is InChI=1S/C24H29F2N7O3/c1-2-17-21(32-36-31-17)23(35)29-20(14-7-9-24(25,26)10-8-14)18-13-33-19(28-18)6-5-16(30-33)12-15-4-3-11-27-22(15)34/h5-6,13-15,20H,2-4,7-12H2,1H3,(H,27,34)(H,29,35)/t15-,20?/m1/s1. The van der Waals surface area contributed by atoms with Crippen molar-refractivity contribution in [3.05, 3.63) is 41.1 Å². The molecule has 10 nitrogen and oxygen atoms in total. The van der Waals surface area contributed by atoms with Gasteiger partial charge in [-0.15, -0.1) is 0 Å². The van der Waals surface area contributed by atoms with Crippen LogP contribution in [0, 0.1) is 11.8 Å². The van der Waals surface area contributed by atoms with Crippen molar-refractivity contribution >= 4 is 17.5 Å². The molecule has 1 saturated heterocycles. The number of halogens is 2. The maximum Gasteiger partial charge on any atom is 0.276 e. The number of piperidine rings is 1. The SMILES string of the molecule is CCc1nonc1C(=O)NC(c1cn2nc(C[C@H]3CCCNC3=O)ccc2n1)C1CCC(F)(F)CC1. The van der Waals surface area contributed by atoms with Gasteiger partial charge in [-0.05, 0) is 55.3 Å². The Balaban J connectivity index is 1.41. The molecule has 2 fully saturated rings. The van der Waals surface area contributed by atoms with Crippen molar-refractivity contribution in [2.24, 2.45) is 11.8 Å². The second kappa shape index (κ2) is 9.90. The van der Waals surface area contributed by atoms with Crippen LogP contribution in [0.25, 0.3) is 5.65 Å². The van der Waals surface area contributed by atoms with E-state index in [1.54, 1.807) is 10.7 Å². The summed E-state index contributed by atoms with van der Waals surface area (Å²) in [6.07, 6.45) is 4.48. The maximum atomic E-state index is 13.9. The Morgan fingerprint density at radius 3 is 2.83 bits per heavy atom. The number of hydrogen-bond donors (Lipinski definition) is 2. The van der Waals surface area contributed by atoms with E-state index >= 15 is 0 Å². The molecule has 4 heterocycles. The molecule has 0 bridgehead atoms. The summed E-state index contributed by atoms with van der Waals surface area (Å²) in [6, 6.07) is 3.05. The van der Waals surface area contributed by atoms with Crippen molar-refractivity contribution in [2.45, 2.75) is 70.3 Å². The Hall–Kier alpha value is -3.44. The van der Waals surface area contributed by atoms with Gasteiger partial charge in [-0.25, -0.2) is 22.9 Å². The largest absolute Gasteiger partial charge is 0.356 e. The summed E-state index contributed by atoms with van der Waals surface area (Å²) in [5.41, 5.74) is 2.37. The topological polar surface area (TPSA) is 127 Å². The van der Waals surface area contributed by atoms with Crippen molar-refractivity contribution in [1.29, 1.82) is 0 Å². The number of fused-ring (bicyclic) bond motifs is 1.